The zero-order valence-corrected chi connectivity index (χ0v) is 7.64. The van der Waals surface area contributed by atoms with E-state index in [-0.39, 0.29) is 17.9 Å². The van der Waals surface area contributed by atoms with E-state index in [1.165, 1.54) is 0 Å². The maximum atomic E-state index is 11.1. The number of Topliss-reactive ketones (excluding diaryl/α,β-unsaturated/α-hetero) is 1. The minimum Gasteiger partial charge on any atom is -0.363 e. The first-order valence-corrected chi connectivity index (χ1v) is 4.60. The molecule has 2 N–H and O–H groups in total. The van der Waals surface area contributed by atoms with Gasteiger partial charge in [-0.25, -0.2) is 0 Å². The Hall–Kier alpha value is -1.41. The number of nitrogens with zero attached hydrogens (tertiary/aromatic N) is 2. The molecule has 14 heavy (non-hydrogen) atoms. The van der Waals surface area contributed by atoms with Gasteiger partial charge >= 0.3 is 0 Å². The van der Waals surface area contributed by atoms with Crippen LogP contribution in [0.5, 0.6) is 0 Å². The number of ketones is 1. The van der Waals surface area contributed by atoms with Crippen LogP contribution in [0.2, 0.25) is 0 Å². The van der Waals surface area contributed by atoms with Crippen molar-refractivity contribution in [1.82, 2.24) is 4.90 Å². The van der Waals surface area contributed by atoms with Crippen LogP contribution in [-0.4, -0.2) is 35.7 Å². The third kappa shape index (κ3) is 1.38. The van der Waals surface area contributed by atoms with Crippen molar-refractivity contribution in [1.29, 1.82) is 5.26 Å². The molecular weight excluding hydrogens is 182 g/mol. The molecule has 1 saturated heterocycles. The molecule has 0 aromatic heterocycles. The smallest absolute Gasteiger partial charge is 0.285 e. The molecule has 0 aromatic carbocycles. The molecule has 5 nitrogen and oxygen atoms in total. The summed E-state index contributed by atoms with van der Waals surface area (Å²) in [7, 11) is 0. The van der Waals surface area contributed by atoms with Crippen molar-refractivity contribution < 1.29 is 9.59 Å². The quantitative estimate of drug-likeness (QED) is 0.575. The molecule has 2 aliphatic rings. The van der Waals surface area contributed by atoms with Crippen LogP contribution in [0, 0.1) is 23.2 Å². The molecule has 1 heterocycles. The van der Waals surface area contributed by atoms with E-state index in [2.05, 4.69) is 11.0 Å². The molecule has 1 amide bonds. The minimum atomic E-state index is -0.838. The van der Waals surface area contributed by atoms with E-state index in [4.69, 9.17) is 11.0 Å². The summed E-state index contributed by atoms with van der Waals surface area (Å²) >= 11 is 0. The molecule has 0 bridgehead atoms. The molecule has 2 unspecified atom stereocenters. The van der Waals surface area contributed by atoms with E-state index in [9.17, 15) is 9.59 Å². The minimum absolute atomic E-state index is 0.0972. The fraction of sp³-hybridized carbons (Fsp3) is 0.667. The molecule has 1 saturated carbocycles. The fourth-order valence-corrected chi connectivity index (χ4v) is 1.91. The standard InChI is InChI=1S/C9H11N3O2/c10-2-5-3-12(4-5)7-1-6(7)8(13)9(11)14/h5-7H,1,3-4H2,(H2,11,14). The number of nitriles is 1. The van der Waals surface area contributed by atoms with Gasteiger partial charge in [0.25, 0.3) is 5.91 Å². The van der Waals surface area contributed by atoms with Crippen LogP contribution in [0.4, 0.5) is 0 Å². The van der Waals surface area contributed by atoms with Crippen LogP contribution >= 0.6 is 0 Å². The monoisotopic (exact) mass is 193 g/mol. The number of primary amides is 1. The second kappa shape index (κ2) is 3.07. The molecule has 5 heteroatoms. The van der Waals surface area contributed by atoms with Gasteiger partial charge in [0, 0.05) is 25.0 Å². The molecule has 2 rings (SSSR count). The lowest BCUT2D eigenvalue weighted by Gasteiger charge is -2.35. The summed E-state index contributed by atoms with van der Waals surface area (Å²) < 4.78 is 0. The Morgan fingerprint density at radius 3 is 2.57 bits per heavy atom. The van der Waals surface area contributed by atoms with E-state index in [0.29, 0.717) is 0 Å². The third-order valence-corrected chi connectivity index (χ3v) is 2.90. The average molecular weight is 193 g/mol. The number of hydrogen-bond donors (Lipinski definition) is 1. The van der Waals surface area contributed by atoms with E-state index >= 15 is 0 Å². The summed E-state index contributed by atoms with van der Waals surface area (Å²) in [6.45, 7) is 1.45. The number of amides is 1. The van der Waals surface area contributed by atoms with Crippen LogP contribution in [-0.2, 0) is 9.59 Å². The molecule has 0 radical (unpaired) electrons. The van der Waals surface area contributed by atoms with E-state index in [1.807, 2.05) is 0 Å². The molecular formula is C9H11N3O2. The Bertz CT molecular complexity index is 327. The van der Waals surface area contributed by atoms with Crippen molar-refractivity contribution in [3.63, 3.8) is 0 Å². The van der Waals surface area contributed by atoms with Gasteiger partial charge in [-0.1, -0.05) is 0 Å². The Balaban J connectivity index is 1.81. The molecule has 74 valence electrons. The summed E-state index contributed by atoms with van der Waals surface area (Å²) in [6, 6.07) is 2.33. The van der Waals surface area contributed by atoms with Gasteiger partial charge in [-0.15, -0.1) is 0 Å². The lowest BCUT2D eigenvalue weighted by molar-refractivity contribution is -0.137. The van der Waals surface area contributed by atoms with E-state index in [1.54, 1.807) is 0 Å². The third-order valence-electron chi connectivity index (χ3n) is 2.90. The molecule has 0 spiro atoms. The molecule has 2 atom stereocenters. The summed E-state index contributed by atoms with van der Waals surface area (Å²) in [5.41, 5.74) is 4.89. The normalized spacial score (nSPS) is 31.6. The first-order valence-electron chi connectivity index (χ1n) is 4.60. The molecule has 2 fully saturated rings. The SMILES string of the molecule is N#CC1CN(C2CC2C(=O)C(N)=O)C1. The van der Waals surface area contributed by atoms with E-state index in [0.717, 1.165) is 19.5 Å². The van der Waals surface area contributed by atoms with Gasteiger partial charge < -0.3 is 5.73 Å². The first kappa shape index (κ1) is 9.16. The Morgan fingerprint density at radius 1 is 1.43 bits per heavy atom. The Morgan fingerprint density at radius 2 is 2.07 bits per heavy atom. The lowest BCUT2D eigenvalue weighted by atomic mass is 10.0. The van der Waals surface area contributed by atoms with Crippen molar-refractivity contribution in [3.8, 4) is 6.07 Å². The average Bonchev–Trinajstić information content (AvgIpc) is 2.81. The van der Waals surface area contributed by atoms with Crippen LogP contribution in [0.15, 0.2) is 0 Å². The number of carbonyl (C=O) groups excluding carboxylic acids is 2. The summed E-state index contributed by atoms with van der Waals surface area (Å²) in [5, 5.41) is 8.55. The van der Waals surface area contributed by atoms with Gasteiger partial charge in [0.05, 0.1) is 12.0 Å². The maximum Gasteiger partial charge on any atom is 0.285 e. The van der Waals surface area contributed by atoms with Gasteiger partial charge in [-0.3, -0.25) is 14.5 Å². The second-order valence-electron chi connectivity index (χ2n) is 3.92. The van der Waals surface area contributed by atoms with Gasteiger partial charge in [-0.2, -0.15) is 5.26 Å². The predicted octanol–water partition coefficient (Wildman–Crippen LogP) is -1.12. The Labute approximate surface area is 81.5 Å². The highest BCUT2D eigenvalue weighted by Crippen LogP contribution is 2.39. The fourth-order valence-electron chi connectivity index (χ4n) is 1.91. The highest BCUT2D eigenvalue weighted by molar-refractivity contribution is 6.37. The number of likely N-dealkylation sites (tertiary alicyclic amines) is 1. The van der Waals surface area contributed by atoms with Crippen LogP contribution in [0.3, 0.4) is 0 Å². The van der Waals surface area contributed by atoms with Crippen molar-refractivity contribution in [2.45, 2.75) is 12.5 Å². The number of carbonyl (C=O) groups is 2. The van der Waals surface area contributed by atoms with Crippen molar-refractivity contribution in [3.05, 3.63) is 0 Å². The molecule has 1 aliphatic heterocycles. The Kier molecular flexibility index (Phi) is 2.01. The summed E-state index contributed by atoms with van der Waals surface area (Å²) in [6.07, 6.45) is 0.722. The van der Waals surface area contributed by atoms with Crippen molar-refractivity contribution in [2.24, 2.45) is 17.6 Å². The first-order chi connectivity index (χ1) is 6.63. The zero-order valence-electron chi connectivity index (χ0n) is 7.64. The van der Waals surface area contributed by atoms with Gasteiger partial charge in [-0.05, 0) is 6.42 Å². The van der Waals surface area contributed by atoms with Crippen molar-refractivity contribution in [2.75, 3.05) is 13.1 Å². The maximum absolute atomic E-state index is 11.1. The van der Waals surface area contributed by atoms with Crippen molar-refractivity contribution >= 4 is 11.7 Å². The molecule has 0 aromatic rings. The zero-order chi connectivity index (χ0) is 10.3. The van der Waals surface area contributed by atoms with Crippen LogP contribution < -0.4 is 5.73 Å². The number of rotatable bonds is 3. The lowest BCUT2D eigenvalue weighted by Crippen LogP contribution is -2.48. The highest BCUT2D eigenvalue weighted by Gasteiger charge is 2.51. The topological polar surface area (TPSA) is 87.2 Å². The number of hydrogen-bond acceptors (Lipinski definition) is 4. The van der Waals surface area contributed by atoms with Gasteiger partial charge in [0.1, 0.15) is 0 Å². The van der Waals surface area contributed by atoms with Crippen LogP contribution in [0.25, 0.3) is 0 Å². The highest BCUT2D eigenvalue weighted by atomic mass is 16.2. The number of nitrogens with two attached hydrogens (primary N) is 1. The molecule has 1 aliphatic carbocycles. The summed E-state index contributed by atoms with van der Waals surface area (Å²) in [5.74, 6) is -1.41. The van der Waals surface area contributed by atoms with Gasteiger partial charge in [0.15, 0.2) is 0 Å². The summed E-state index contributed by atoms with van der Waals surface area (Å²) in [4.78, 5) is 23.8. The van der Waals surface area contributed by atoms with E-state index < -0.39 is 11.7 Å². The van der Waals surface area contributed by atoms with Crippen LogP contribution in [0.1, 0.15) is 6.42 Å². The predicted molar refractivity (Wildman–Crippen MR) is 46.8 cm³/mol. The second-order valence-corrected chi connectivity index (χ2v) is 3.92. The van der Waals surface area contributed by atoms with Gasteiger partial charge in [0.2, 0.25) is 5.78 Å². The largest absolute Gasteiger partial charge is 0.363 e.